The number of hydrogen-bond acceptors (Lipinski definition) is 2. The van der Waals surface area contributed by atoms with Crippen LogP contribution in [-0.4, -0.2) is 9.55 Å². The van der Waals surface area contributed by atoms with E-state index < -0.39 is 0 Å². The first-order valence-corrected chi connectivity index (χ1v) is 10.4. The van der Waals surface area contributed by atoms with Gasteiger partial charge in [-0.2, -0.15) is 0 Å². The van der Waals surface area contributed by atoms with Gasteiger partial charge in [0.05, 0.1) is 21.5 Å². The molecule has 0 spiro atoms. The molecule has 1 aromatic heterocycles. The number of nitrogens with one attached hydrogen (secondary N) is 1. The summed E-state index contributed by atoms with van der Waals surface area (Å²) in [6.45, 7) is 0. The summed E-state index contributed by atoms with van der Waals surface area (Å²) in [6, 6.07) is 21.2. The van der Waals surface area contributed by atoms with Crippen molar-refractivity contribution in [2.24, 2.45) is 0 Å². The minimum Gasteiger partial charge on any atom is -0.325 e. The molecule has 0 fully saturated rings. The second-order valence-electron chi connectivity index (χ2n) is 6.62. The number of aromatic nitrogens is 2. The van der Waals surface area contributed by atoms with Gasteiger partial charge in [-0.15, -0.1) is 0 Å². The molecule has 6 heteroatoms. The van der Waals surface area contributed by atoms with E-state index in [4.69, 9.17) is 4.98 Å². The van der Waals surface area contributed by atoms with Crippen LogP contribution in [0.1, 0.15) is 17.2 Å². The molecule has 0 amide bonds. The van der Waals surface area contributed by atoms with Crippen LogP contribution in [0.15, 0.2) is 81.8 Å². The van der Waals surface area contributed by atoms with Gasteiger partial charge in [0.15, 0.2) is 0 Å². The third-order valence-electron chi connectivity index (χ3n) is 4.89. The summed E-state index contributed by atoms with van der Waals surface area (Å²) >= 11 is 6.80. The van der Waals surface area contributed by atoms with E-state index in [9.17, 15) is 4.39 Å². The molecular formula is C22H14Br2FN3. The number of anilines is 1. The fourth-order valence-corrected chi connectivity index (χ4v) is 4.21. The Morgan fingerprint density at radius 2 is 1.75 bits per heavy atom. The van der Waals surface area contributed by atoms with Crippen LogP contribution < -0.4 is 5.32 Å². The molecular weight excluding hydrogens is 485 g/mol. The molecule has 5 rings (SSSR count). The first-order chi connectivity index (χ1) is 13.6. The Bertz CT molecular complexity index is 1230. The highest BCUT2D eigenvalue weighted by atomic mass is 79.9. The first kappa shape index (κ1) is 17.6. The lowest BCUT2D eigenvalue weighted by Crippen LogP contribution is -2.19. The summed E-state index contributed by atoms with van der Waals surface area (Å²) in [6.07, 6.45) is 2.16. The molecule has 1 aliphatic heterocycles. The largest absolute Gasteiger partial charge is 0.325 e. The van der Waals surface area contributed by atoms with E-state index in [1.54, 1.807) is 0 Å². The molecule has 0 bridgehead atoms. The molecule has 3 aromatic carbocycles. The minimum absolute atomic E-state index is 0.112. The van der Waals surface area contributed by atoms with Crippen molar-refractivity contribution in [2.45, 2.75) is 6.04 Å². The third-order valence-corrected chi connectivity index (χ3v) is 6.02. The van der Waals surface area contributed by atoms with E-state index in [1.165, 1.54) is 6.07 Å². The summed E-state index contributed by atoms with van der Waals surface area (Å²) in [5.74, 6) is 0.498. The van der Waals surface area contributed by atoms with E-state index in [1.807, 2.05) is 42.5 Å². The minimum atomic E-state index is -0.273. The Kier molecular flexibility index (Phi) is 4.33. The maximum atomic E-state index is 13.8. The third kappa shape index (κ3) is 2.97. The predicted octanol–water partition coefficient (Wildman–Crippen LogP) is 6.76. The number of halogens is 3. The van der Waals surface area contributed by atoms with Crippen LogP contribution in [-0.2, 0) is 0 Å². The van der Waals surface area contributed by atoms with E-state index in [-0.39, 0.29) is 11.9 Å². The maximum Gasteiger partial charge on any atom is 0.209 e. The van der Waals surface area contributed by atoms with Crippen LogP contribution in [0.4, 0.5) is 10.3 Å². The summed E-state index contributed by atoms with van der Waals surface area (Å²) in [4.78, 5) is 4.78. The van der Waals surface area contributed by atoms with E-state index in [0.29, 0.717) is 4.47 Å². The zero-order chi connectivity index (χ0) is 19.3. The van der Waals surface area contributed by atoms with Crippen molar-refractivity contribution >= 4 is 54.5 Å². The number of fused-ring (bicyclic) bond motifs is 3. The van der Waals surface area contributed by atoms with Crippen molar-refractivity contribution in [3.05, 3.63) is 98.7 Å². The molecule has 0 radical (unpaired) electrons. The van der Waals surface area contributed by atoms with Crippen molar-refractivity contribution in [1.29, 1.82) is 0 Å². The number of allylic oxidation sites excluding steroid dienone is 1. The summed E-state index contributed by atoms with van der Waals surface area (Å²) in [7, 11) is 0. The van der Waals surface area contributed by atoms with Crippen molar-refractivity contribution in [3.63, 3.8) is 0 Å². The molecule has 0 unspecified atom stereocenters. The van der Waals surface area contributed by atoms with Gasteiger partial charge >= 0.3 is 0 Å². The van der Waals surface area contributed by atoms with Gasteiger partial charge in [0, 0.05) is 10.2 Å². The zero-order valence-electron chi connectivity index (χ0n) is 14.5. The Labute approximate surface area is 178 Å². The lowest BCUT2D eigenvalue weighted by molar-refractivity contribution is 0.618. The topological polar surface area (TPSA) is 29.9 Å². The quantitative estimate of drug-likeness (QED) is 0.331. The number of rotatable bonds is 2. The van der Waals surface area contributed by atoms with Crippen LogP contribution in [0.2, 0.25) is 0 Å². The van der Waals surface area contributed by atoms with Crippen LogP contribution in [0.25, 0.3) is 16.7 Å². The molecule has 2 heterocycles. The second-order valence-corrected chi connectivity index (χ2v) is 8.39. The van der Waals surface area contributed by atoms with E-state index >= 15 is 0 Å². The first-order valence-electron chi connectivity index (χ1n) is 8.77. The molecule has 1 aliphatic rings. The molecule has 0 saturated heterocycles. The molecule has 3 nitrogen and oxygen atoms in total. The average Bonchev–Trinajstić information content (AvgIpc) is 3.08. The Balaban J connectivity index is 1.72. The van der Waals surface area contributed by atoms with Crippen molar-refractivity contribution in [3.8, 4) is 0 Å². The fourth-order valence-electron chi connectivity index (χ4n) is 3.55. The molecule has 0 aliphatic carbocycles. The smallest absolute Gasteiger partial charge is 0.209 e. The van der Waals surface area contributed by atoms with E-state index in [2.05, 4.69) is 66.0 Å². The van der Waals surface area contributed by atoms with Crippen molar-refractivity contribution in [2.75, 3.05) is 5.32 Å². The molecule has 0 saturated carbocycles. The SMILES string of the molecule is Fc1ccc([C@@H]2C=C(c3ccc(Br)cc3)Nc3nc4ccccc4n32)cc1Br. The van der Waals surface area contributed by atoms with Gasteiger partial charge < -0.3 is 5.32 Å². The monoisotopic (exact) mass is 497 g/mol. The molecule has 1 atom stereocenters. The Morgan fingerprint density at radius 3 is 2.54 bits per heavy atom. The summed E-state index contributed by atoms with van der Waals surface area (Å²) < 4.78 is 17.5. The number of imidazole rings is 1. The van der Waals surface area contributed by atoms with E-state index in [0.717, 1.165) is 38.3 Å². The summed E-state index contributed by atoms with van der Waals surface area (Å²) in [5, 5.41) is 3.46. The highest BCUT2D eigenvalue weighted by molar-refractivity contribution is 9.10. The van der Waals surface area contributed by atoms with Gasteiger partial charge in [-0.25, -0.2) is 9.37 Å². The second kappa shape index (κ2) is 6.87. The number of nitrogens with zero attached hydrogens (tertiary/aromatic N) is 2. The van der Waals surface area contributed by atoms with Crippen molar-refractivity contribution in [1.82, 2.24) is 9.55 Å². The lowest BCUT2D eigenvalue weighted by atomic mass is 10.0. The fraction of sp³-hybridized carbons (Fsp3) is 0.0455. The number of benzene rings is 3. The Morgan fingerprint density at radius 1 is 0.964 bits per heavy atom. The van der Waals surface area contributed by atoms with Gasteiger partial charge in [0.2, 0.25) is 5.95 Å². The number of para-hydroxylation sites is 2. The average molecular weight is 499 g/mol. The zero-order valence-corrected chi connectivity index (χ0v) is 17.7. The van der Waals surface area contributed by atoms with Crippen LogP contribution in [0.5, 0.6) is 0 Å². The van der Waals surface area contributed by atoms with Crippen LogP contribution in [0, 0.1) is 5.82 Å². The molecule has 1 N–H and O–H groups in total. The summed E-state index contributed by atoms with van der Waals surface area (Å²) in [5.41, 5.74) is 4.96. The standard InChI is InChI=1S/C22H14Br2FN3/c23-15-8-5-13(6-9-15)19-12-21(14-7-10-17(25)16(24)11-14)28-20-4-2-1-3-18(20)26-22(28)27-19/h1-12,21H,(H,26,27)/t21-/m0/s1. The van der Waals surface area contributed by atoms with Gasteiger partial charge in [0.25, 0.3) is 0 Å². The predicted molar refractivity (Wildman–Crippen MR) is 118 cm³/mol. The van der Waals surface area contributed by atoms with Crippen molar-refractivity contribution < 1.29 is 4.39 Å². The lowest BCUT2D eigenvalue weighted by Gasteiger charge is -2.27. The maximum absolute atomic E-state index is 13.8. The normalized spacial score (nSPS) is 15.8. The highest BCUT2D eigenvalue weighted by Gasteiger charge is 2.25. The van der Waals surface area contributed by atoms with Gasteiger partial charge in [-0.3, -0.25) is 4.57 Å². The van der Waals surface area contributed by atoms with Gasteiger partial charge in [0.1, 0.15) is 5.82 Å². The molecule has 138 valence electrons. The molecule has 28 heavy (non-hydrogen) atoms. The van der Waals surface area contributed by atoms with Gasteiger partial charge in [-0.1, -0.05) is 46.3 Å². The van der Waals surface area contributed by atoms with Crippen LogP contribution in [0.3, 0.4) is 0 Å². The Hall–Kier alpha value is -2.44. The number of hydrogen-bond donors (Lipinski definition) is 1. The molecule has 4 aromatic rings. The highest BCUT2D eigenvalue weighted by Crippen LogP contribution is 2.37. The van der Waals surface area contributed by atoms with Gasteiger partial charge in [-0.05, 0) is 69.5 Å². The van der Waals surface area contributed by atoms with Crippen LogP contribution >= 0.6 is 31.9 Å².